The molecule has 1 unspecified atom stereocenters. The van der Waals surface area contributed by atoms with Crippen LogP contribution in [0.1, 0.15) is 149 Å². The average Bonchev–Trinajstić information content (AvgIpc) is 3.62. The zero-order chi connectivity index (χ0) is 42.9. The molecule has 59 heavy (non-hydrogen) atoms. The summed E-state index contributed by atoms with van der Waals surface area (Å²) >= 11 is 0. The van der Waals surface area contributed by atoms with Gasteiger partial charge >= 0.3 is 19.8 Å². The number of carbonyl (C=O) groups excluding carboxylic acids is 1. The highest BCUT2D eigenvalue weighted by molar-refractivity contribution is 7.52. The number of nitrogens with two attached hydrogens (primary N) is 1. The van der Waals surface area contributed by atoms with E-state index < -0.39 is 44.1 Å². The van der Waals surface area contributed by atoms with Crippen molar-refractivity contribution in [1.29, 1.82) is 0 Å². The number of ether oxygens (including phenoxy) is 2. The van der Waals surface area contributed by atoms with E-state index in [9.17, 15) is 18.9 Å². The molecule has 2 heterocycles. The molecule has 0 aliphatic carbocycles. The second-order valence-corrected chi connectivity index (χ2v) is 17.2. The molecule has 15 heteroatoms. The Kier molecular flexibility index (Phi) is 23.0. The molecule has 2 aromatic heterocycles. The maximum Gasteiger partial charge on any atom is 0.459 e. The van der Waals surface area contributed by atoms with Crippen LogP contribution in [0.25, 0.3) is 11.2 Å². The quantitative estimate of drug-likeness (QED) is 0.0174. The van der Waals surface area contributed by atoms with Crippen molar-refractivity contribution in [2.45, 2.75) is 180 Å². The summed E-state index contributed by atoms with van der Waals surface area (Å²) in [7, 11) is -3.15. The molecule has 0 bridgehead atoms. The number of aliphatic hydroxyl groups is 1. The van der Waals surface area contributed by atoms with E-state index in [1.165, 1.54) is 102 Å². The number of aliphatic hydroxyl groups excluding tert-OH is 1. The van der Waals surface area contributed by atoms with Gasteiger partial charge in [0.1, 0.15) is 36.1 Å². The van der Waals surface area contributed by atoms with Gasteiger partial charge in [-0.15, -0.1) is 6.42 Å². The maximum absolute atomic E-state index is 14.5. The van der Waals surface area contributed by atoms with Crippen LogP contribution in [-0.2, 0) is 29.9 Å². The minimum Gasteiger partial charge on any atom is -0.461 e. The van der Waals surface area contributed by atoms with Gasteiger partial charge in [0.15, 0.2) is 17.1 Å². The van der Waals surface area contributed by atoms with Gasteiger partial charge in [-0.25, -0.2) is 9.55 Å². The molecule has 0 radical (unpaired) electrons. The third kappa shape index (κ3) is 17.5. The van der Waals surface area contributed by atoms with Crippen LogP contribution < -0.4 is 15.3 Å². The molecule has 0 amide bonds. The first-order valence-corrected chi connectivity index (χ1v) is 23.4. The van der Waals surface area contributed by atoms with Gasteiger partial charge < -0.3 is 29.4 Å². The third-order valence-corrected chi connectivity index (χ3v) is 12.3. The normalized spacial score (nSPS) is 14.7. The van der Waals surface area contributed by atoms with Crippen molar-refractivity contribution < 1.29 is 37.4 Å². The van der Waals surface area contributed by atoms with Crippen LogP contribution in [0.2, 0.25) is 0 Å². The molecule has 330 valence electrons. The number of rotatable bonds is 33. The van der Waals surface area contributed by atoms with Gasteiger partial charge in [0.2, 0.25) is 0 Å². The molecule has 3 rings (SSSR count). The Hall–Kier alpha value is -3.60. The number of anilines is 1. The number of aromatic nitrogens is 4. The molecule has 1 aromatic carbocycles. The topological polar surface area (TPSA) is 173 Å². The Balaban J connectivity index is 1.68. The Morgan fingerprint density at radius 1 is 0.932 bits per heavy atom. The number of nitrogens with zero attached hydrogens (tertiary/aromatic N) is 4. The van der Waals surface area contributed by atoms with E-state index in [1.807, 2.05) is 0 Å². The van der Waals surface area contributed by atoms with Gasteiger partial charge in [-0.1, -0.05) is 141 Å². The fourth-order valence-corrected chi connectivity index (χ4v) is 8.49. The number of unbranched alkanes of at least 4 members (excludes halogenated alkanes) is 16. The van der Waals surface area contributed by atoms with Crippen LogP contribution in [0.15, 0.2) is 36.7 Å². The molecule has 13 nitrogen and oxygen atoms in total. The Bertz CT molecular complexity index is 1700. The smallest absolute Gasteiger partial charge is 0.459 e. The van der Waals surface area contributed by atoms with Crippen molar-refractivity contribution in [3.8, 4) is 18.1 Å². The first-order chi connectivity index (χ1) is 28.5. The largest absolute Gasteiger partial charge is 0.461 e. The predicted octanol–water partition coefficient (Wildman–Crippen LogP) is 9.86. The molecule has 0 saturated carbocycles. The molecular weight excluding hydrogens is 774 g/mol. The fourth-order valence-electron chi connectivity index (χ4n) is 6.97. The molecule has 0 fully saturated rings. The van der Waals surface area contributed by atoms with Crippen LogP contribution in [0.4, 0.5) is 10.2 Å². The number of nitrogen functional groups attached to an aromatic ring is 1. The van der Waals surface area contributed by atoms with Crippen molar-refractivity contribution in [2.75, 3.05) is 19.5 Å². The van der Waals surface area contributed by atoms with E-state index >= 15 is 0 Å². The Morgan fingerprint density at radius 2 is 1.47 bits per heavy atom. The van der Waals surface area contributed by atoms with E-state index in [2.05, 4.69) is 39.8 Å². The fraction of sp³-hybridized carbons (Fsp3) is 0.682. The van der Waals surface area contributed by atoms with Gasteiger partial charge in [-0.2, -0.15) is 19.4 Å². The zero-order valence-electron chi connectivity index (χ0n) is 35.9. The van der Waals surface area contributed by atoms with Gasteiger partial charge in [-0.3, -0.25) is 9.32 Å². The van der Waals surface area contributed by atoms with E-state index in [1.54, 1.807) is 30.3 Å². The Morgan fingerprint density at radius 3 is 2.00 bits per heavy atom. The number of fused-ring (bicyclic) bond motifs is 1. The SMILES string of the molecule is C#C[C@](COP(=O)(N[C@@H](C)C(=O)OC(CCCCCCCCCCC)CCCCCCCCCCC)Oc1ccccc1)(OC)[C@@H](O)Cn1cnc2c(N)nc(F)nc21. The standard InChI is InChI=1S/C44H70FN6O7P/c1-6-9-11-13-15-17-19-21-24-28-36(29-25-22-20-18-16-14-12-10-7-2)57-42(53)35(4)50-59(54,58-37-30-26-23-27-31-37)56-33-44(8-3,55-5)38(52)32-51-34-47-39-40(46)48-43(45)49-41(39)51/h3,23,26-27,30-31,34-36,38,52H,6-7,9-22,24-25,28-29,32-33H2,1-2,4-5H3,(H,50,54)(H2,46,48,49)/t35-,38-,44+,59?/m0/s1. The first-order valence-electron chi connectivity index (χ1n) is 21.8. The number of para-hydroxylation sites is 1. The van der Waals surface area contributed by atoms with E-state index in [0.717, 1.165) is 51.4 Å². The van der Waals surface area contributed by atoms with Gasteiger partial charge in [0.05, 0.1) is 12.9 Å². The Labute approximate surface area is 351 Å². The van der Waals surface area contributed by atoms with Crippen LogP contribution in [0.3, 0.4) is 0 Å². The summed E-state index contributed by atoms with van der Waals surface area (Å²) in [5.74, 6) is 1.86. The van der Waals surface area contributed by atoms with Crippen LogP contribution in [0, 0.1) is 18.4 Å². The second-order valence-electron chi connectivity index (χ2n) is 15.5. The van der Waals surface area contributed by atoms with Crippen molar-refractivity contribution in [2.24, 2.45) is 0 Å². The molecule has 0 saturated heterocycles. The summed E-state index contributed by atoms with van der Waals surface area (Å²) in [6.45, 7) is 5.07. The van der Waals surface area contributed by atoms with Gasteiger partial charge in [0, 0.05) is 7.11 Å². The number of imidazole rings is 1. The number of hydrogen-bond donors (Lipinski definition) is 3. The van der Waals surface area contributed by atoms with Crippen LogP contribution in [0.5, 0.6) is 5.75 Å². The van der Waals surface area contributed by atoms with E-state index in [0.29, 0.717) is 0 Å². The van der Waals surface area contributed by atoms with E-state index in [4.69, 9.17) is 30.7 Å². The monoisotopic (exact) mass is 845 g/mol. The molecule has 3 aromatic rings. The maximum atomic E-state index is 14.5. The highest BCUT2D eigenvalue weighted by Crippen LogP contribution is 2.46. The van der Waals surface area contributed by atoms with Crippen molar-refractivity contribution >= 4 is 30.7 Å². The lowest BCUT2D eigenvalue weighted by molar-refractivity contribution is -0.151. The molecule has 0 aliphatic rings. The summed E-state index contributed by atoms with van der Waals surface area (Å²) in [5.41, 5.74) is 4.06. The lowest BCUT2D eigenvalue weighted by Crippen LogP contribution is -2.49. The summed E-state index contributed by atoms with van der Waals surface area (Å²) < 4.78 is 53.3. The lowest BCUT2D eigenvalue weighted by Gasteiger charge is -2.33. The van der Waals surface area contributed by atoms with Crippen molar-refractivity contribution in [3.05, 3.63) is 42.7 Å². The first kappa shape index (κ1) is 49.8. The minimum absolute atomic E-state index is 0.0259. The molecule has 0 aliphatic heterocycles. The molecule has 4 N–H and O–H groups in total. The number of esters is 1. The minimum atomic E-state index is -4.41. The highest BCUT2D eigenvalue weighted by Gasteiger charge is 2.42. The summed E-state index contributed by atoms with van der Waals surface area (Å²) in [6.07, 6.45) is 27.5. The van der Waals surface area contributed by atoms with Gasteiger partial charge in [0.25, 0.3) is 0 Å². The van der Waals surface area contributed by atoms with Crippen LogP contribution in [-0.4, -0.2) is 68.2 Å². The van der Waals surface area contributed by atoms with Crippen molar-refractivity contribution in [1.82, 2.24) is 24.6 Å². The highest BCUT2D eigenvalue weighted by atomic mass is 31.2. The summed E-state index contributed by atoms with van der Waals surface area (Å²) in [6, 6.07) is 7.22. The molecule has 4 atom stereocenters. The number of carbonyl (C=O) groups is 1. The zero-order valence-corrected chi connectivity index (χ0v) is 36.8. The number of methoxy groups -OCH3 is 1. The number of nitrogens with one attached hydrogen (secondary N) is 1. The average molecular weight is 845 g/mol. The third-order valence-electron chi connectivity index (χ3n) is 10.6. The summed E-state index contributed by atoms with van der Waals surface area (Å²) in [4.78, 5) is 25.0. The molecular formula is C44H70FN6O7P. The number of hydrogen-bond acceptors (Lipinski definition) is 11. The lowest BCUT2D eigenvalue weighted by atomic mass is 9.98. The predicted molar refractivity (Wildman–Crippen MR) is 231 cm³/mol. The number of benzene rings is 1. The van der Waals surface area contributed by atoms with Crippen molar-refractivity contribution in [3.63, 3.8) is 0 Å². The van der Waals surface area contributed by atoms with Crippen LogP contribution >= 0.6 is 7.75 Å². The second kappa shape index (κ2) is 27.3. The number of halogens is 1. The van der Waals surface area contributed by atoms with E-state index in [-0.39, 0.29) is 35.4 Å². The summed E-state index contributed by atoms with van der Waals surface area (Å²) in [5, 5.41) is 14.2. The number of terminal acetylenes is 1. The molecule has 0 spiro atoms. The van der Waals surface area contributed by atoms with Gasteiger partial charge in [-0.05, 0) is 44.7 Å².